The molecule has 3 heterocycles. The molecule has 32 heavy (non-hydrogen) atoms. The first kappa shape index (κ1) is 22.9. The third-order valence-electron chi connectivity index (χ3n) is 6.00. The number of aryl methyl sites for hydroxylation is 2. The Hall–Kier alpha value is -2.32. The quantitative estimate of drug-likeness (QED) is 0.386. The van der Waals surface area contributed by atoms with Crippen LogP contribution in [0.25, 0.3) is 15.9 Å². The summed E-state index contributed by atoms with van der Waals surface area (Å²) in [6.07, 6.45) is 3.08. The van der Waals surface area contributed by atoms with Crippen molar-refractivity contribution in [3.8, 4) is 11.4 Å². The van der Waals surface area contributed by atoms with Gasteiger partial charge in [0.1, 0.15) is 10.6 Å². The molecule has 3 aromatic rings. The van der Waals surface area contributed by atoms with Gasteiger partial charge in [0, 0.05) is 24.0 Å². The predicted molar refractivity (Wildman–Crippen MR) is 132 cm³/mol. The molecule has 1 aromatic carbocycles. The SMILES string of the molecule is CCc1sc2nc(SCC(=O)N3CCCC(C)C3)n(-c3cccc(OC)c3)c(=O)c2c1C. The summed E-state index contributed by atoms with van der Waals surface area (Å²) >= 11 is 2.91. The minimum atomic E-state index is -0.0988. The molecule has 1 aliphatic rings. The number of piperidine rings is 1. The van der Waals surface area contributed by atoms with E-state index in [0.717, 1.165) is 36.3 Å². The van der Waals surface area contributed by atoms with Gasteiger partial charge in [-0.1, -0.05) is 31.7 Å². The van der Waals surface area contributed by atoms with Crippen molar-refractivity contribution in [2.75, 3.05) is 26.0 Å². The number of rotatable bonds is 6. The molecule has 0 saturated carbocycles. The highest BCUT2D eigenvalue weighted by Crippen LogP contribution is 2.31. The normalized spacial score (nSPS) is 16.5. The van der Waals surface area contributed by atoms with E-state index in [4.69, 9.17) is 9.72 Å². The summed E-state index contributed by atoms with van der Waals surface area (Å²) in [5.74, 6) is 1.56. The Morgan fingerprint density at radius 2 is 2.19 bits per heavy atom. The maximum absolute atomic E-state index is 13.7. The van der Waals surface area contributed by atoms with Gasteiger partial charge in [-0.15, -0.1) is 11.3 Å². The standard InChI is InChI=1S/C24H29N3O3S2/c1-5-19-16(3)21-22(32-19)25-24(31-14-20(28)26-11-7-8-15(2)13-26)27(23(21)29)17-9-6-10-18(12-17)30-4/h6,9-10,12,15H,5,7-8,11,13-14H2,1-4H3. The van der Waals surface area contributed by atoms with Crippen LogP contribution in [-0.4, -0.2) is 46.3 Å². The summed E-state index contributed by atoms with van der Waals surface area (Å²) < 4.78 is 7.00. The molecule has 0 bridgehead atoms. The maximum atomic E-state index is 13.7. The highest BCUT2D eigenvalue weighted by atomic mass is 32.2. The first-order valence-electron chi connectivity index (χ1n) is 11.0. The number of amides is 1. The van der Waals surface area contributed by atoms with E-state index in [9.17, 15) is 9.59 Å². The van der Waals surface area contributed by atoms with Crippen LogP contribution in [0.5, 0.6) is 5.75 Å². The molecule has 4 rings (SSSR count). The second kappa shape index (κ2) is 9.67. The van der Waals surface area contributed by atoms with Crippen LogP contribution in [0, 0.1) is 12.8 Å². The summed E-state index contributed by atoms with van der Waals surface area (Å²) in [6.45, 7) is 7.88. The number of hydrogen-bond donors (Lipinski definition) is 0. The summed E-state index contributed by atoms with van der Waals surface area (Å²) in [5.41, 5.74) is 1.59. The average Bonchev–Trinajstić information content (AvgIpc) is 3.13. The smallest absolute Gasteiger partial charge is 0.267 e. The molecule has 0 aliphatic carbocycles. The Morgan fingerprint density at radius 1 is 1.38 bits per heavy atom. The van der Waals surface area contributed by atoms with E-state index < -0.39 is 0 Å². The topological polar surface area (TPSA) is 64.4 Å². The van der Waals surface area contributed by atoms with Gasteiger partial charge in [-0.3, -0.25) is 14.2 Å². The van der Waals surface area contributed by atoms with Gasteiger partial charge in [0.15, 0.2) is 5.16 Å². The molecular weight excluding hydrogens is 442 g/mol. The molecule has 1 fully saturated rings. The molecule has 1 atom stereocenters. The van der Waals surface area contributed by atoms with E-state index in [-0.39, 0.29) is 17.2 Å². The molecule has 1 saturated heterocycles. The molecule has 1 amide bonds. The molecule has 0 N–H and O–H groups in total. The van der Waals surface area contributed by atoms with Gasteiger partial charge in [-0.2, -0.15) is 0 Å². The number of nitrogens with zero attached hydrogens (tertiary/aromatic N) is 3. The van der Waals surface area contributed by atoms with Crippen molar-refractivity contribution < 1.29 is 9.53 Å². The van der Waals surface area contributed by atoms with Crippen LogP contribution in [0.3, 0.4) is 0 Å². The van der Waals surface area contributed by atoms with Crippen LogP contribution in [0.1, 0.15) is 37.1 Å². The zero-order valence-corrected chi connectivity index (χ0v) is 20.6. The lowest BCUT2D eigenvalue weighted by molar-refractivity contribution is -0.130. The Morgan fingerprint density at radius 3 is 2.91 bits per heavy atom. The number of ether oxygens (including phenoxy) is 1. The lowest BCUT2D eigenvalue weighted by Crippen LogP contribution is -2.40. The van der Waals surface area contributed by atoms with E-state index in [1.54, 1.807) is 23.0 Å². The van der Waals surface area contributed by atoms with Crippen LogP contribution < -0.4 is 10.3 Å². The monoisotopic (exact) mass is 471 g/mol. The van der Waals surface area contributed by atoms with Gasteiger partial charge < -0.3 is 9.64 Å². The number of methoxy groups -OCH3 is 1. The third kappa shape index (κ3) is 4.43. The summed E-state index contributed by atoms with van der Waals surface area (Å²) in [6, 6.07) is 7.41. The average molecular weight is 472 g/mol. The van der Waals surface area contributed by atoms with E-state index in [0.29, 0.717) is 27.9 Å². The highest BCUT2D eigenvalue weighted by Gasteiger charge is 2.23. The van der Waals surface area contributed by atoms with Gasteiger partial charge in [0.2, 0.25) is 5.91 Å². The lowest BCUT2D eigenvalue weighted by Gasteiger charge is -2.30. The van der Waals surface area contributed by atoms with E-state index >= 15 is 0 Å². The molecule has 0 spiro atoms. The van der Waals surface area contributed by atoms with Crippen molar-refractivity contribution in [3.05, 3.63) is 45.1 Å². The number of thioether (sulfide) groups is 1. The van der Waals surface area contributed by atoms with Crippen molar-refractivity contribution in [2.24, 2.45) is 5.92 Å². The second-order valence-corrected chi connectivity index (χ2v) is 10.3. The number of carbonyl (C=O) groups is 1. The Kier molecular flexibility index (Phi) is 6.90. The molecule has 0 radical (unpaired) electrons. The Balaban J connectivity index is 1.76. The van der Waals surface area contributed by atoms with Crippen molar-refractivity contribution in [2.45, 2.75) is 45.2 Å². The minimum Gasteiger partial charge on any atom is -0.497 e. The van der Waals surface area contributed by atoms with E-state index in [1.165, 1.54) is 23.1 Å². The molecule has 2 aromatic heterocycles. The molecule has 6 nitrogen and oxygen atoms in total. The Bertz CT molecular complexity index is 1200. The van der Waals surface area contributed by atoms with Crippen LogP contribution in [-0.2, 0) is 11.2 Å². The number of hydrogen-bond acceptors (Lipinski definition) is 6. The van der Waals surface area contributed by atoms with Crippen LogP contribution >= 0.6 is 23.1 Å². The third-order valence-corrected chi connectivity index (χ3v) is 8.25. The number of likely N-dealkylation sites (tertiary alicyclic amines) is 1. The van der Waals surface area contributed by atoms with Crippen molar-refractivity contribution in [1.29, 1.82) is 0 Å². The van der Waals surface area contributed by atoms with Crippen molar-refractivity contribution in [3.63, 3.8) is 0 Å². The molecule has 8 heteroatoms. The summed E-state index contributed by atoms with van der Waals surface area (Å²) in [5, 5.41) is 1.20. The number of thiophene rings is 1. The number of carbonyl (C=O) groups excluding carboxylic acids is 1. The highest BCUT2D eigenvalue weighted by molar-refractivity contribution is 7.99. The number of benzene rings is 1. The largest absolute Gasteiger partial charge is 0.497 e. The number of fused-ring (bicyclic) bond motifs is 1. The van der Waals surface area contributed by atoms with Crippen LogP contribution in [0.4, 0.5) is 0 Å². The van der Waals surface area contributed by atoms with E-state index in [1.807, 2.05) is 36.1 Å². The van der Waals surface area contributed by atoms with Gasteiger partial charge in [-0.05, 0) is 49.8 Å². The summed E-state index contributed by atoms with van der Waals surface area (Å²) in [7, 11) is 1.60. The van der Waals surface area contributed by atoms with Crippen LogP contribution in [0.2, 0.25) is 0 Å². The maximum Gasteiger partial charge on any atom is 0.267 e. The molecule has 170 valence electrons. The zero-order chi connectivity index (χ0) is 22.8. The molecular formula is C24H29N3O3S2. The van der Waals surface area contributed by atoms with Gasteiger partial charge in [0.05, 0.1) is 23.9 Å². The fourth-order valence-electron chi connectivity index (χ4n) is 4.26. The van der Waals surface area contributed by atoms with Crippen LogP contribution in [0.15, 0.2) is 34.2 Å². The van der Waals surface area contributed by atoms with Crippen molar-refractivity contribution >= 4 is 39.2 Å². The Labute approximate surface area is 196 Å². The van der Waals surface area contributed by atoms with Crippen molar-refractivity contribution in [1.82, 2.24) is 14.5 Å². The summed E-state index contributed by atoms with van der Waals surface area (Å²) in [4.78, 5) is 35.3. The predicted octanol–water partition coefficient (Wildman–Crippen LogP) is 4.68. The molecule has 1 unspecified atom stereocenters. The van der Waals surface area contributed by atoms with Gasteiger partial charge in [0.25, 0.3) is 5.56 Å². The second-order valence-electron chi connectivity index (χ2n) is 8.30. The zero-order valence-electron chi connectivity index (χ0n) is 19.0. The van der Waals surface area contributed by atoms with Gasteiger partial charge in [-0.25, -0.2) is 4.98 Å². The van der Waals surface area contributed by atoms with Gasteiger partial charge >= 0.3 is 0 Å². The first-order valence-corrected chi connectivity index (χ1v) is 12.8. The fourth-order valence-corrected chi connectivity index (χ4v) is 6.33. The number of aromatic nitrogens is 2. The fraction of sp³-hybridized carbons (Fsp3) is 0.458. The molecule has 1 aliphatic heterocycles. The first-order chi connectivity index (χ1) is 15.4. The lowest BCUT2D eigenvalue weighted by atomic mass is 10.0. The minimum absolute atomic E-state index is 0.0988. The van der Waals surface area contributed by atoms with E-state index in [2.05, 4.69) is 13.8 Å².